The molecule has 96 valence electrons. The number of aromatic amines is 1. The van der Waals surface area contributed by atoms with Gasteiger partial charge in [-0.15, -0.1) is 0 Å². The van der Waals surface area contributed by atoms with Crippen LogP contribution in [0.3, 0.4) is 0 Å². The molecule has 0 fully saturated rings. The second kappa shape index (κ2) is 6.42. The summed E-state index contributed by atoms with van der Waals surface area (Å²) in [6.45, 7) is 1.37. The molecule has 0 bridgehead atoms. The minimum atomic E-state index is 0.635. The summed E-state index contributed by atoms with van der Waals surface area (Å²) in [6, 6.07) is 4.03. The Bertz CT molecular complexity index is 535. The molecule has 0 saturated heterocycles. The molecule has 0 aliphatic carbocycles. The molecule has 0 aliphatic rings. The molecule has 0 atom stereocenters. The third kappa shape index (κ3) is 3.24. The number of nitrogens with one attached hydrogen (secondary N) is 1. The third-order valence-corrected chi connectivity index (χ3v) is 3.05. The van der Waals surface area contributed by atoms with Crippen LogP contribution in [0.15, 0.2) is 24.5 Å². The molecule has 0 amide bonds. The second-order valence-electron chi connectivity index (χ2n) is 3.94. The minimum absolute atomic E-state index is 0.635. The molecule has 5 nitrogen and oxygen atoms in total. The second-order valence-corrected chi connectivity index (χ2v) is 4.33. The SMILES string of the molecule is COCCn1c(CCc2ccncc2)n[nH]c1=S. The number of pyridine rings is 1. The molecule has 0 saturated carbocycles. The topological polar surface area (TPSA) is 55.7 Å². The van der Waals surface area contributed by atoms with Gasteiger partial charge in [0.05, 0.1) is 6.61 Å². The Morgan fingerprint density at radius 2 is 2.11 bits per heavy atom. The summed E-state index contributed by atoms with van der Waals surface area (Å²) in [6.07, 6.45) is 5.38. The zero-order chi connectivity index (χ0) is 12.8. The van der Waals surface area contributed by atoms with Crippen molar-refractivity contribution in [3.8, 4) is 0 Å². The van der Waals surface area contributed by atoms with E-state index in [0.717, 1.165) is 25.2 Å². The van der Waals surface area contributed by atoms with Crippen LogP contribution in [0, 0.1) is 4.77 Å². The van der Waals surface area contributed by atoms with Crippen LogP contribution in [-0.2, 0) is 24.1 Å². The van der Waals surface area contributed by atoms with Gasteiger partial charge in [0.1, 0.15) is 5.82 Å². The van der Waals surface area contributed by atoms with E-state index in [2.05, 4.69) is 15.2 Å². The molecule has 0 aromatic carbocycles. The highest BCUT2D eigenvalue weighted by Crippen LogP contribution is 2.05. The van der Waals surface area contributed by atoms with E-state index in [0.29, 0.717) is 11.4 Å². The van der Waals surface area contributed by atoms with Crippen molar-refractivity contribution >= 4 is 12.2 Å². The molecule has 2 heterocycles. The number of hydrogen-bond acceptors (Lipinski definition) is 4. The van der Waals surface area contributed by atoms with Gasteiger partial charge in [0.25, 0.3) is 0 Å². The maximum Gasteiger partial charge on any atom is 0.195 e. The highest BCUT2D eigenvalue weighted by atomic mass is 32.1. The summed E-state index contributed by atoms with van der Waals surface area (Å²) in [5.74, 6) is 0.967. The normalized spacial score (nSPS) is 10.7. The van der Waals surface area contributed by atoms with Crippen molar-refractivity contribution in [3.05, 3.63) is 40.7 Å². The van der Waals surface area contributed by atoms with E-state index in [1.54, 1.807) is 19.5 Å². The van der Waals surface area contributed by atoms with Crippen molar-refractivity contribution in [2.24, 2.45) is 0 Å². The zero-order valence-electron chi connectivity index (χ0n) is 10.3. The fraction of sp³-hybridized carbons (Fsp3) is 0.417. The molecule has 2 aromatic heterocycles. The lowest BCUT2D eigenvalue weighted by atomic mass is 10.1. The molecular weight excluding hydrogens is 248 g/mol. The molecule has 2 aromatic rings. The van der Waals surface area contributed by atoms with Crippen LogP contribution < -0.4 is 0 Å². The summed E-state index contributed by atoms with van der Waals surface area (Å²) >= 11 is 5.20. The smallest absolute Gasteiger partial charge is 0.195 e. The fourth-order valence-electron chi connectivity index (χ4n) is 1.76. The van der Waals surface area contributed by atoms with Crippen LogP contribution >= 0.6 is 12.2 Å². The summed E-state index contributed by atoms with van der Waals surface area (Å²) in [7, 11) is 1.68. The van der Waals surface area contributed by atoms with Crippen molar-refractivity contribution in [2.75, 3.05) is 13.7 Å². The van der Waals surface area contributed by atoms with Crippen molar-refractivity contribution in [2.45, 2.75) is 19.4 Å². The lowest BCUT2D eigenvalue weighted by molar-refractivity contribution is 0.186. The van der Waals surface area contributed by atoms with Gasteiger partial charge in [-0.25, -0.2) is 0 Å². The lowest BCUT2D eigenvalue weighted by Crippen LogP contribution is -2.09. The number of methoxy groups -OCH3 is 1. The first kappa shape index (κ1) is 12.9. The zero-order valence-corrected chi connectivity index (χ0v) is 11.1. The standard InChI is InChI=1S/C12H16N4OS/c1-17-9-8-16-11(14-15-12(16)18)3-2-10-4-6-13-7-5-10/h4-7H,2-3,8-9H2,1H3,(H,15,18). The van der Waals surface area contributed by atoms with E-state index in [4.69, 9.17) is 17.0 Å². The van der Waals surface area contributed by atoms with Gasteiger partial charge >= 0.3 is 0 Å². The van der Waals surface area contributed by atoms with Gasteiger partial charge in [-0.2, -0.15) is 5.10 Å². The van der Waals surface area contributed by atoms with Gasteiger partial charge in [0.15, 0.2) is 4.77 Å². The van der Waals surface area contributed by atoms with Crippen LogP contribution in [-0.4, -0.2) is 33.5 Å². The molecule has 18 heavy (non-hydrogen) atoms. The molecule has 6 heteroatoms. The maximum atomic E-state index is 5.20. The molecule has 2 rings (SSSR count). The molecular formula is C12H16N4OS. The highest BCUT2D eigenvalue weighted by molar-refractivity contribution is 7.71. The summed E-state index contributed by atoms with van der Waals surface area (Å²) in [4.78, 5) is 4.00. The predicted octanol–water partition coefficient (Wildman–Crippen LogP) is 1.77. The van der Waals surface area contributed by atoms with E-state index < -0.39 is 0 Å². The quantitative estimate of drug-likeness (QED) is 0.808. The predicted molar refractivity (Wildman–Crippen MR) is 70.9 cm³/mol. The summed E-state index contributed by atoms with van der Waals surface area (Å²) < 4.78 is 7.71. The number of nitrogens with zero attached hydrogens (tertiary/aromatic N) is 3. The van der Waals surface area contributed by atoms with E-state index in [9.17, 15) is 0 Å². The Morgan fingerprint density at radius 3 is 2.83 bits per heavy atom. The van der Waals surface area contributed by atoms with Crippen LogP contribution in [0.5, 0.6) is 0 Å². The number of rotatable bonds is 6. The minimum Gasteiger partial charge on any atom is -0.383 e. The molecule has 0 aliphatic heterocycles. The lowest BCUT2D eigenvalue weighted by Gasteiger charge is -2.05. The number of aromatic nitrogens is 4. The highest BCUT2D eigenvalue weighted by Gasteiger charge is 2.06. The Hall–Kier alpha value is -1.53. The van der Waals surface area contributed by atoms with Crippen LogP contribution in [0.2, 0.25) is 0 Å². The number of hydrogen-bond donors (Lipinski definition) is 1. The number of aryl methyl sites for hydroxylation is 2. The van der Waals surface area contributed by atoms with Crippen LogP contribution in [0.4, 0.5) is 0 Å². The van der Waals surface area contributed by atoms with Crippen molar-refractivity contribution in [1.82, 2.24) is 19.7 Å². The first-order chi connectivity index (χ1) is 8.81. The van der Waals surface area contributed by atoms with Gasteiger partial charge in [0.2, 0.25) is 0 Å². The molecule has 0 spiro atoms. The first-order valence-corrected chi connectivity index (χ1v) is 6.24. The van der Waals surface area contributed by atoms with Crippen LogP contribution in [0.1, 0.15) is 11.4 Å². The Labute approximate surface area is 111 Å². The van der Waals surface area contributed by atoms with Gasteiger partial charge in [-0.05, 0) is 36.3 Å². The number of ether oxygens (including phenoxy) is 1. The van der Waals surface area contributed by atoms with E-state index in [-0.39, 0.29) is 0 Å². The Balaban J connectivity index is 2.03. The number of H-pyrrole nitrogens is 1. The molecule has 0 unspecified atom stereocenters. The largest absolute Gasteiger partial charge is 0.383 e. The Morgan fingerprint density at radius 1 is 1.33 bits per heavy atom. The van der Waals surface area contributed by atoms with Gasteiger partial charge < -0.3 is 9.30 Å². The third-order valence-electron chi connectivity index (χ3n) is 2.74. The van der Waals surface area contributed by atoms with Gasteiger partial charge in [0, 0.05) is 32.5 Å². The Kier molecular flexibility index (Phi) is 4.60. The van der Waals surface area contributed by atoms with Crippen LogP contribution in [0.25, 0.3) is 0 Å². The molecule has 1 N–H and O–H groups in total. The monoisotopic (exact) mass is 264 g/mol. The average Bonchev–Trinajstić information content (AvgIpc) is 2.76. The average molecular weight is 264 g/mol. The first-order valence-electron chi connectivity index (χ1n) is 5.83. The van der Waals surface area contributed by atoms with Crippen molar-refractivity contribution in [3.63, 3.8) is 0 Å². The van der Waals surface area contributed by atoms with Gasteiger partial charge in [-0.1, -0.05) is 0 Å². The molecule has 0 radical (unpaired) electrons. The maximum absolute atomic E-state index is 5.20. The van der Waals surface area contributed by atoms with Gasteiger partial charge in [-0.3, -0.25) is 10.1 Å². The van der Waals surface area contributed by atoms with E-state index in [1.807, 2.05) is 16.7 Å². The summed E-state index contributed by atoms with van der Waals surface area (Å²) in [5, 5.41) is 7.09. The van der Waals surface area contributed by atoms with E-state index in [1.165, 1.54) is 5.56 Å². The van der Waals surface area contributed by atoms with E-state index >= 15 is 0 Å². The van der Waals surface area contributed by atoms with Crippen molar-refractivity contribution < 1.29 is 4.74 Å². The fourth-order valence-corrected chi connectivity index (χ4v) is 2.00. The van der Waals surface area contributed by atoms with Crippen molar-refractivity contribution in [1.29, 1.82) is 0 Å². The summed E-state index contributed by atoms with van der Waals surface area (Å²) in [5.41, 5.74) is 1.25.